The molecule has 1 aromatic carbocycles. The van der Waals surface area contributed by atoms with Gasteiger partial charge < -0.3 is 5.32 Å². The maximum Gasteiger partial charge on any atom is 0.271 e. The Hall–Kier alpha value is -2.17. The van der Waals surface area contributed by atoms with Crippen molar-refractivity contribution in [1.82, 2.24) is 5.43 Å². The predicted octanol–water partition coefficient (Wildman–Crippen LogP) is 3.58. The minimum absolute atomic E-state index is 0.0198. The number of benzene rings is 1. The molecule has 0 spiro atoms. The zero-order chi connectivity index (χ0) is 16.5. The van der Waals surface area contributed by atoms with Crippen molar-refractivity contribution >= 4 is 23.2 Å². The third-order valence-electron chi connectivity index (χ3n) is 2.96. The Morgan fingerprint density at radius 1 is 1.18 bits per heavy atom. The standard InChI is InChI=1S/C17H25N3O2/c1-5-6-16(21)18-15-9-7-14(8-10-15)17(22)20-19-13(4)11-12(2)3/h7-10,12H,5-6,11H2,1-4H3,(H,18,21)(H,20,22). The van der Waals surface area contributed by atoms with Crippen molar-refractivity contribution in [2.75, 3.05) is 5.32 Å². The molecule has 22 heavy (non-hydrogen) atoms. The molecule has 1 rings (SSSR count). The van der Waals surface area contributed by atoms with Crippen LogP contribution >= 0.6 is 0 Å². The molecule has 0 unspecified atom stereocenters. The number of nitrogens with one attached hydrogen (secondary N) is 2. The molecule has 5 heteroatoms. The summed E-state index contributed by atoms with van der Waals surface area (Å²) in [5.41, 5.74) is 4.64. The van der Waals surface area contributed by atoms with Crippen molar-refractivity contribution in [2.24, 2.45) is 11.0 Å². The van der Waals surface area contributed by atoms with Crippen molar-refractivity contribution in [2.45, 2.75) is 47.0 Å². The van der Waals surface area contributed by atoms with Crippen molar-refractivity contribution in [3.8, 4) is 0 Å². The first-order valence-corrected chi connectivity index (χ1v) is 7.65. The number of hydrogen-bond acceptors (Lipinski definition) is 3. The summed E-state index contributed by atoms with van der Waals surface area (Å²) in [6, 6.07) is 6.77. The van der Waals surface area contributed by atoms with Crippen LogP contribution in [-0.4, -0.2) is 17.5 Å². The van der Waals surface area contributed by atoms with E-state index in [1.807, 2.05) is 13.8 Å². The lowest BCUT2D eigenvalue weighted by atomic mass is 10.1. The Bertz CT molecular complexity index is 533. The van der Waals surface area contributed by atoms with Crippen molar-refractivity contribution < 1.29 is 9.59 Å². The lowest BCUT2D eigenvalue weighted by molar-refractivity contribution is -0.116. The maximum atomic E-state index is 12.0. The van der Waals surface area contributed by atoms with Crippen LogP contribution in [0.2, 0.25) is 0 Å². The summed E-state index contributed by atoms with van der Waals surface area (Å²) in [5.74, 6) is 0.231. The molecule has 0 fully saturated rings. The van der Waals surface area contributed by atoms with Crippen LogP contribution in [-0.2, 0) is 4.79 Å². The predicted molar refractivity (Wildman–Crippen MR) is 90.0 cm³/mol. The van der Waals surface area contributed by atoms with Crippen LogP contribution in [0.5, 0.6) is 0 Å². The second kappa shape index (κ2) is 8.97. The summed E-state index contributed by atoms with van der Waals surface area (Å²) in [7, 11) is 0. The monoisotopic (exact) mass is 303 g/mol. The molecule has 0 atom stereocenters. The molecule has 0 aliphatic heterocycles. The Labute approximate surface area is 132 Å². The summed E-state index contributed by atoms with van der Waals surface area (Å²) < 4.78 is 0. The fourth-order valence-corrected chi connectivity index (χ4v) is 2.00. The SMILES string of the molecule is CCCC(=O)Nc1ccc(C(=O)NN=C(C)CC(C)C)cc1. The number of anilines is 1. The lowest BCUT2D eigenvalue weighted by Gasteiger charge is -2.07. The topological polar surface area (TPSA) is 70.6 Å². The van der Waals surface area contributed by atoms with Crippen LogP contribution < -0.4 is 10.7 Å². The van der Waals surface area contributed by atoms with E-state index in [9.17, 15) is 9.59 Å². The van der Waals surface area contributed by atoms with Gasteiger partial charge in [0.1, 0.15) is 0 Å². The number of hydrazone groups is 1. The molecule has 0 radical (unpaired) electrons. The summed E-state index contributed by atoms with van der Waals surface area (Å²) in [5, 5.41) is 6.87. The van der Waals surface area contributed by atoms with Crippen LogP contribution in [0.1, 0.15) is 57.3 Å². The van der Waals surface area contributed by atoms with Gasteiger partial charge in [0.15, 0.2) is 0 Å². The highest BCUT2D eigenvalue weighted by molar-refractivity contribution is 5.96. The zero-order valence-electron chi connectivity index (χ0n) is 13.8. The van der Waals surface area contributed by atoms with Crippen molar-refractivity contribution in [1.29, 1.82) is 0 Å². The summed E-state index contributed by atoms with van der Waals surface area (Å²) in [6.07, 6.45) is 2.15. The van der Waals surface area contributed by atoms with Gasteiger partial charge in [-0.25, -0.2) is 5.43 Å². The first-order chi connectivity index (χ1) is 10.4. The largest absolute Gasteiger partial charge is 0.326 e. The van der Waals surface area contributed by atoms with Gasteiger partial charge in [-0.15, -0.1) is 0 Å². The highest BCUT2D eigenvalue weighted by Crippen LogP contribution is 2.10. The molecular formula is C17H25N3O2. The van der Waals surface area contributed by atoms with E-state index in [1.54, 1.807) is 24.3 Å². The number of rotatable bonds is 7. The number of amides is 2. The van der Waals surface area contributed by atoms with Gasteiger partial charge in [-0.1, -0.05) is 20.8 Å². The van der Waals surface area contributed by atoms with Gasteiger partial charge in [0.05, 0.1) is 0 Å². The normalized spacial score (nSPS) is 11.4. The first kappa shape index (κ1) is 17.9. The summed E-state index contributed by atoms with van der Waals surface area (Å²) >= 11 is 0. The van der Waals surface area contributed by atoms with Crippen LogP contribution in [0.4, 0.5) is 5.69 Å². The highest BCUT2D eigenvalue weighted by atomic mass is 16.2. The van der Waals surface area contributed by atoms with Gasteiger partial charge in [0, 0.05) is 23.4 Å². The van der Waals surface area contributed by atoms with Crippen molar-refractivity contribution in [3.05, 3.63) is 29.8 Å². The highest BCUT2D eigenvalue weighted by Gasteiger charge is 2.06. The number of carbonyl (C=O) groups excluding carboxylic acids is 2. The van der Waals surface area contributed by atoms with E-state index >= 15 is 0 Å². The van der Waals surface area contributed by atoms with Gasteiger partial charge in [-0.3, -0.25) is 9.59 Å². The van der Waals surface area contributed by atoms with Gasteiger partial charge in [-0.05, 0) is 49.9 Å². The third-order valence-corrected chi connectivity index (χ3v) is 2.96. The molecule has 0 aromatic heterocycles. The third kappa shape index (κ3) is 6.52. The summed E-state index contributed by atoms with van der Waals surface area (Å²) in [6.45, 7) is 8.06. The number of nitrogens with zero attached hydrogens (tertiary/aromatic N) is 1. The molecule has 1 aromatic rings. The minimum atomic E-state index is -0.255. The van der Waals surface area contributed by atoms with Gasteiger partial charge >= 0.3 is 0 Å². The van der Waals surface area contributed by atoms with Crippen molar-refractivity contribution in [3.63, 3.8) is 0 Å². The number of hydrogen-bond donors (Lipinski definition) is 2. The molecule has 0 aliphatic rings. The first-order valence-electron chi connectivity index (χ1n) is 7.65. The maximum absolute atomic E-state index is 12.0. The van der Waals surface area contributed by atoms with E-state index in [0.717, 1.165) is 18.6 Å². The molecule has 0 aliphatic carbocycles. The lowest BCUT2D eigenvalue weighted by Crippen LogP contribution is -2.19. The second-order valence-corrected chi connectivity index (χ2v) is 5.76. The molecule has 120 valence electrons. The smallest absolute Gasteiger partial charge is 0.271 e. The molecular weight excluding hydrogens is 278 g/mol. The van der Waals surface area contributed by atoms with Gasteiger partial charge in [-0.2, -0.15) is 5.10 Å². The molecule has 5 nitrogen and oxygen atoms in total. The minimum Gasteiger partial charge on any atom is -0.326 e. The molecule has 0 saturated heterocycles. The molecule has 2 amide bonds. The molecule has 0 heterocycles. The fraction of sp³-hybridized carbons (Fsp3) is 0.471. The molecule has 0 bridgehead atoms. The van der Waals surface area contributed by atoms with E-state index in [1.165, 1.54) is 0 Å². The Kier molecular flexibility index (Phi) is 7.29. The Morgan fingerprint density at radius 3 is 2.36 bits per heavy atom. The average molecular weight is 303 g/mol. The number of carbonyl (C=O) groups is 2. The van der Waals surface area contributed by atoms with E-state index in [2.05, 4.69) is 29.7 Å². The van der Waals surface area contributed by atoms with Crippen LogP contribution in [0.3, 0.4) is 0 Å². The molecule has 0 saturated carbocycles. The van der Waals surface area contributed by atoms with E-state index < -0.39 is 0 Å². The summed E-state index contributed by atoms with van der Waals surface area (Å²) in [4.78, 5) is 23.5. The quantitative estimate of drug-likeness (QED) is 0.597. The van der Waals surface area contributed by atoms with Crippen LogP contribution in [0, 0.1) is 5.92 Å². The zero-order valence-corrected chi connectivity index (χ0v) is 13.8. The van der Waals surface area contributed by atoms with E-state index in [0.29, 0.717) is 23.6 Å². The van der Waals surface area contributed by atoms with Gasteiger partial charge in [0.25, 0.3) is 5.91 Å². The fourth-order valence-electron chi connectivity index (χ4n) is 2.00. The second-order valence-electron chi connectivity index (χ2n) is 5.76. The van der Waals surface area contributed by atoms with Crippen LogP contribution in [0.25, 0.3) is 0 Å². The Morgan fingerprint density at radius 2 is 1.82 bits per heavy atom. The average Bonchev–Trinajstić information content (AvgIpc) is 2.45. The van der Waals surface area contributed by atoms with E-state index in [-0.39, 0.29) is 11.8 Å². The van der Waals surface area contributed by atoms with E-state index in [4.69, 9.17) is 0 Å². The molecule has 2 N–H and O–H groups in total. The van der Waals surface area contributed by atoms with Crippen LogP contribution in [0.15, 0.2) is 29.4 Å². The Balaban J connectivity index is 2.59. The van der Waals surface area contributed by atoms with Gasteiger partial charge in [0.2, 0.25) is 5.91 Å².